The van der Waals surface area contributed by atoms with Crippen LogP contribution in [0.2, 0.25) is 0 Å². The molecule has 0 aromatic heterocycles. The maximum atomic E-state index is 10.9. The van der Waals surface area contributed by atoms with Crippen LogP contribution in [0.25, 0.3) is 0 Å². The molecule has 1 heterocycles. The average Bonchev–Trinajstić information content (AvgIpc) is 2.39. The number of anilines is 1. The fourth-order valence-corrected chi connectivity index (χ4v) is 2.81. The van der Waals surface area contributed by atoms with Crippen molar-refractivity contribution in [3.05, 3.63) is 34.9 Å². The summed E-state index contributed by atoms with van der Waals surface area (Å²) in [4.78, 5) is 12.2. The van der Waals surface area contributed by atoms with Gasteiger partial charge >= 0.3 is 5.97 Å². The molecule has 3 nitrogen and oxygen atoms in total. The van der Waals surface area contributed by atoms with Gasteiger partial charge in [0.25, 0.3) is 0 Å². The van der Waals surface area contributed by atoms with E-state index in [4.69, 9.17) is 5.11 Å². The van der Waals surface area contributed by atoms with E-state index in [0.29, 0.717) is 10.6 Å². The Morgan fingerprint density at radius 1 is 1.32 bits per heavy atom. The molecule has 19 heavy (non-hydrogen) atoms. The van der Waals surface area contributed by atoms with Gasteiger partial charge in [0.2, 0.25) is 0 Å². The van der Waals surface area contributed by atoms with Crippen LogP contribution in [0, 0.1) is 0 Å². The number of carboxylic acids is 1. The lowest BCUT2D eigenvalue weighted by molar-refractivity contribution is -0.131. The lowest BCUT2D eigenvalue weighted by atomic mass is 10.3. The minimum atomic E-state index is -0.880. The molecule has 0 bridgehead atoms. The van der Waals surface area contributed by atoms with Gasteiger partial charge in [0.15, 0.2) is 0 Å². The van der Waals surface area contributed by atoms with Crippen LogP contribution < -0.4 is 5.32 Å². The summed E-state index contributed by atoms with van der Waals surface area (Å²) >= 11 is 3.25. The van der Waals surface area contributed by atoms with Crippen molar-refractivity contribution in [1.29, 1.82) is 0 Å². The number of carbonyl (C=O) groups is 1. The highest BCUT2D eigenvalue weighted by atomic mass is 32.2. The number of rotatable bonds is 3. The Kier molecular flexibility index (Phi) is 6.87. The van der Waals surface area contributed by atoms with Crippen LogP contribution in [0.5, 0.6) is 0 Å². The van der Waals surface area contributed by atoms with Crippen LogP contribution in [0.3, 0.4) is 0 Å². The number of carboxylic acid groups (broad SMARTS) is 1. The Labute approximate surface area is 122 Å². The summed E-state index contributed by atoms with van der Waals surface area (Å²) in [5, 5.41) is 12.0. The number of hydrogen-bond donors (Lipinski definition) is 2. The van der Waals surface area contributed by atoms with Gasteiger partial charge in [-0.3, -0.25) is 0 Å². The highest BCUT2D eigenvalue weighted by molar-refractivity contribution is 8.04. The molecule has 0 aliphatic carbocycles. The van der Waals surface area contributed by atoms with Crippen molar-refractivity contribution in [3.8, 4) is 0 Å². The second-order valence-corrected chi connectivity index (χ2v) is 6.38. The molecule has 5 heteroatoms. The third kappa shape index (κ3) is 4.84. The van der Waals surface area contributed by atoms with Crippen LogP contribution in [0.4, 0.5) is 5.69 Å². The molecule has 0 amide bonds. The van der Waals surface area contributed by atoms with E-state index < -0.39 is 5.97 Å². The predicted molar refractivity (Wildman–Crippen MR) is 84.9 cm³/mol. The van der Waals surface area contributed by atoms with E-state index in [1.165, 1.54) is 23.3 Å². The third-order valence-electron chi connectivity index (χ3n) is 2.36. The summed E-state index contributed by atoms with van der Waals surface area (Å²) in [7, 11) is 0. The Hall–Kier alpha value is -1.07. The lowest BCUT2D eigenvalue weighted by Crippen LogP contribution is -2.10. The molecular weight excluding hydrogens is 278 g/mol. The number of aliphatic carboxylic acids is 1. The van der Waals surface area contributed by atoms with Crippen LogP contribution in [-0.2, 0) is 4.79 Å². The van der Waals surface area contributed by atoms with Gasteiger partial charge in [-0.05, 0) is 30.6 Å². The van der Waals surface area contributed by atoms with Crippen molar-refractivity contribution in [2.24, 2.45) is 0 Å². The van der Waals surface area contributed by atoms with Crippen molar-refractivity contribution in [2.45, 2.75) is 25.7 Å². The van der Waals surface area contributed by atoms with Crippen LogP contribution in [0.15, 0.2) is 39.8 Å². The average molecular weight is 297 g/mol. The standard InChI is InChI=1S/C10H9NO2S.C4H10S/c1-6-9(10(12)13)14-8-5-3-2-4-7(8)11-6;1-3-5-4-2/h2-5,11H,1H3,(H,12,13);3-4H2,1-2H3. The number of allylic oxidation sites excluding steroid dienone is 1. The lowest BCUT2D eigenvalue weighted by Gasteiger charge is -2.19. The van der Waals surface area contributed by atoms with Gasteiger partial charge in [0, 0.05) is 10.6 Å². The van der Waals surface area contributed by atoms with Gasteiger partial charge in [-0.2, -0.15) is 11.8 Å². The van der Waals surface area contributed by atoms with Crippen LogP contribution in [-0.4, -0.2) is 22.6 Å². The predicted octanol–water partition coefficient (Wildman–Crippen LogP) is 4.28. The van der Waals surface area contributed by atoms with Crippen molar-refractivity contribution < 1.29 is 9.90 Å². The highest BCUT2D eigenvalue weighted by Crippen LogP contribution is 2.39. The van der Waals surface area contributed by atoms with E-state index in [1.54, 1.807) is 6.92 Å². The highest BCUT2D eigenvalue weighted by Gasteiger charge is 2.20. The van der Waals surface area contributed by atoms with Gasteiger partial charge < -0.3 is 10.4 Å². The fraction of sp³-hybridized carbons (Fsp3) is 0.357. The molecule has 2 N–H and O–H groups in total. The van der Waals surface area contributed by atoms with Gasteiger partial charge in [-0.15, -0.1) is 0 Å². The zero-order chi connectivity index (χ0) is 14.3. The summed E-state index contributed by atoms with van der Waals surface area (Å²) in [6.07, 6.45) is 0. The monoisotopic (exact) mass is 297 g/mol. The van der Waals surface area contributed by atoms with E-state index in [0.717, 1.165) is 10.6 Å². The van der Waals surface area contributed by atoms with Crippen molar-refractivity contribution in [2.75, 3.05) is 16.8 Å². The molecule has 1 aromatic carbocycles. The second kappa shape index (κ2) is 8.17. The number of nitrogens with one attached hydrogen (secondary N) is 1. The van der Waals surface area contributed by atoms with Gasteiger partial charge in [-0.1, -0.05) is 37.7 Å². The first kappa shape index (κ1) is 16.0. The summed E-state index contributed by atoms with van der Waals surface area (Å²) in [6.45, 7) is 6.12. The molecule has 0 saturated carbocycles. The molecule has 1 aliphatic heterocycles. The first-order valence-corrected chi connectivity index (χ1v) is 8.13. The van der Waals surface area contributed by atoms with Gasteiger partial charge in [0.1, 0.15) is 4.91 Å². The molecule has 1 aromatic rings. The zero-order valence-electron chi connectivity index (χ0n) is 11.4. The number of thioether (sulfide) groups is 2. The third-order valence-corrected chi connectivity index (χ3v) is 4.44. The van der Waals surface area contributed by atoms with Crippen LogP contribution >= 0.6 is 23.5 Å². The zero-order valence-corrected chi connectivity index (χ0v) is 13.0. The Morgan fingerprint density at radius 2 is 1.95 bits per heavy atom. The molecule has 0 fully saturated rings. The summed E-state index contributed by atoms with van der Waals surface area (Å²) in [5.74, 6) is 1.64. The van der Waals surface area contributed by atoms with Crippen molar-refractivity contribution >= 4 is 35.2 Å². The van der Waals surface area contributed by atoms with E-state index in [2.05, 4.69) is 19.2 Å². The molecule has 0 spiro atoms. The number of hydrogen-bond acceptors (Lipinski definition) is 4. The fourth-order valence-electron chi connectivity index (χ4n) is 1.51. The Bertz CT molecular complexity index is 470. The second-order valence-electron chi connectivity index (χ2n) is 3.76. The molecule has 2 rings (SSSR count). The largest absolute Gasteiger partial charge is 0.477 e. The topological polar surface area (TPSA) is 49.3 Å². The first-order chi connectivity index (χ1) is 9.10. The van der Waals surface area contributed by atoms with E-state index in [1.807, 2.05) is 36.0 Å². The van der Waals surface area contributed by atoms with E-state index in [-0.39, 0.29) is 0 Å². The minimum Gasteiger partial charge on any atom is -0.477 e. The van der Waals surface area contributed by atoms with E-state index >= 15 is 0 Å². The minimum absolute atomic E-state index is 0.365. The number of fused-ring (bicyclic) bond motifs is 1. The molecular formula is C14H19NO2S2. The van der Waals surface area contributed by atoms with Gasteiger partial charge in [0.05, 0.1) is 5.69 Å². The molecule has 0 atom stereocenters. The molecule has 0 unspecified atom stereocenters. The van der Waals surface area contributed by atoms with Gasteiger partial charge in [-0.25, -0.2) is 4.79 Å². The Morgan fingerprint density at radius 3 is 2.47 bits per heavy atom. The molecule has 1 aliphatic rings. The maximum absolute atomic E-state index is 10.9. The van der Waals surface area contributed by atoms with E-state index in [9.17, 15) is 4.79 Å². The first-order valence-electron chi connectivity index (χ1n) is 6.15. The normalized spacial score (nSPS) is 13.0. The number of benzene rings is 1. The summed E-state index contributed by atoms with van der Waals surface area (Å²) in [6, 6.07) is 7.66. The summed E-state index contributed by atoms with van der Waals surface area (Å²) in [5.41, 5.74) is 1.67. The summed E-state index contributed by atoms with van der Waals surface area (Å²) < 4.78 is 0. The van der Waals surface area contributed by atoms with Crippen molar-refractivity contribution in [3.63, 3.8) is 0 Å². The number of para-hydroxylation sites is 1. The maximum Gasteiger partial charge on any atom is 0.344 e. The smallest absolute Gasteiger partial charge is 0.344 e. The van der Waals surface area contributed by atoms with Crippen molar-refractivity contribution in [1.82, 2.24) is 0 Å². The van der Waals surface area contributed by atoms with Crippen LogP contribution in [0.1, 0.15) is 20.8 Å². The molecule has 104 valence electrons. The molecule has 0 saturated heterocycles. The molecule has 0 radical (unpaired) electrons. The SMILES string of the molecule is CC1=C(C(=O)O)Sc2ccccc2N1.CCSCC. The quantitative estimate of drug-likeness (QED) is 0.872. The Balaban J connectivity index is 0.000000312.